The summed E-state index contributed by atoms with van der Waals surface area (Å²) < 4.78 is 23.2. The molecule has 1 unspecified atom stereocenters. The van der Waals surface area contributed by atoms with Crippen molar-refractivity contribution in [2.45, 2.75) is 18.9 Å². The van der Waals surface area contributed by atoms with Crippen molar-refractivity contribution in [2.75, 3.05) is 30.4 Å². The molecule has 1 aliphatic rings. The minimum absolute atomic E-state index is 0.0164. The predicted molar refractivity (Wildman–Crippen MR) is 99.8 cm³/mol. The summed E-state index contributed by atoms with van der Waals surface area (Å²) in [6.45, 7) is 0.651. The Labute approximate surface area is 153 Å². The highest BCUT2D eigenvalue weighted by atomic mass is 32.2. The standard InChI is InChI=1S/C18H22N4O3S/c1-22(15-9-12-26(24,25)13-15)17(23)16-8-11-20-18(21-16)19-10-7-14-5-3-2-4-6-14/h2-6,8,11,15H,7,9-10,12-13H2,1H3,(H,19,20,21). The van der Waals surface area contributed by atoms with Gasteiger partial charge in [-0.15, -0.1) is 0 Å². The van der Waals surface area contributed by atoms with Gasteiger partial charge in [0.25, 0.3) is 5.91 Å². The van der Waals surface area contributed by atoms with Gasteiger partial charge in [-0.05, 0) is 24.5 Å². The van der Waals surface area contributed by atoms with Gasteiger partial charge in [-0.3, -0.25) is 4.79 Å². The van der Waals surface area contributed by atoms with Crippen molar-refractivity contribution in [3.63, 3.8) is 0 Å². The number of carbonyl (C=O) groups excluding carboxylic acids is 1. The fourth-order valence-electron chi connectivity index (χ4n) is 2.95. The van der Waals surface area contributed by atoms with Gasteiger partial charge >= 0.3 is 0 Å². The normalized spacial score (nSPS) is 18.4. The number of nitrogens with zero attached hydrogens (tertiary/aromatic N) is 3. The zero-order valence-electron chi connectivity index (χ0n) is 14.6. The van der Waals surface area contributed by atoms with Crippen molar-refractivity contribution in [3.05, 3.63) is 53.9 Å². The molecule has 0 bridgehead atoms. The highest BCUT2D eigenvalue weighted by Crippen LogP contribution is 2.18. The highest BCUT2D eigenvalue weighted by molar-refractivity contribution is 7.91. The summed E-state index contributed by atoms with van der Waals surface area (Å²) in [4.78, 5) is 22.5. The SMILES string of the molecule is CN(C(=O)c1ccnc(NCCc2ccccc2)n1)C1CCS(=O)(=O)C1. The molecule has 1 aromatic carbocycles. The molecule has 26 heavy (non-hydrogen) atoms. The lowest BCUT2D eigenvalue weighted by atomic mass is 10.1. The molecule has 1 fully saturated rings. The number of amides is 1. The molecule has 0 aliphatic carbocycles. The molecule has 0 spiro atoms. The quantitative estimate of drug-likeness (QED) is 0.821. The monoisotopic (exact) mass is 374 g/mol. The third kappa shape index (κ3) is 4.57. The first kappa shape index (κ1) is 18.3. The second kappa shape index (κ2) is 7.82. The fourth-order valence-corrected chi connectivity index (χ4v) is 4.73. The fraction of sp³-hybridized carbons (Fsp3) is 0.389. The second-order valence-corrected chi connectivity index (χ2v) is 8.63. The Morgan fingerprint density at radius 1 is 1.27 bits per heavy atom. The third-order valence-corrected chi connectivity index (χ3v) is 6.24. The summed E-state index contributed by atoms with van der Waals surface area (Å²) in [6.07, 6.45) is 2.82. The van der Waals surface area contributed by atoms with Gasteiger partial charge in [-0.1, -0.05) is 30.3 Å². The van der Waals surface area contributed by atoms with Gasteiger partial charge in [0, 0.05) is 25.8 Å². The van der Waals surface area contributed by atoms with Gasteiger partial charge in [0.15, 0.2) is 9.84 Å². The number of nitrogens with one attached hydrogen (secondary N) is 1. The molecule has 7 nitrogen and oxygen atoms in total. The van der Waals surface area contributed by atoms with E-state index in [1.54, 1.807) is 13.1 Å². The van der Waals surface area contributed by atoms with Crippen LogP contribution < -0.4 is 5.32 Å². The molecule has 0 radical (unpaired) electrons. The predicted octanol–water partition coefficient (Wildman–Crippen LogP) is 1.39. The maximum atomic E-state index is 12.6. The minimum Gasteiger partial charge on any atom is -0.354 e. The zero-order chi connectivity index (χ0) is 18.6. The molecule has 2 heterocycles. The summed E-state index contributed by atoms with van der Waals surface area (Å²) in [6, 6.07) is 11.3. The number of hydrogen-bond acceptors (Lipinski definition) is 6. The molecule has 1 amide bonds. The number of benzene rings is 1. The molecule has 2 aromatic rings. The summed E-state index contributed by atoms with van der Waals surface area (Å²) in [7, 11) is -1.42. The van der Waals surface area contributed by atoms with Gasteiger partial charge in [0.2, 0.25) is 5.95 Å². The summed E-state index contributed by atoms with van der Waals surface area (Å²) in [5.74, 6) is 0.244. The first-order valence-corrected chi connectivity index (χ1v) is 10.4. The van der Waals surface area contributed by atoms with Crippen LogP contribution in [0.25, 0.3) is 0 Å². The van der Waals surface area contributed by atoms with E-state index in [2.05, 4.69) is 15.3 Å². The van der Waals surface area contributed by atoms with E-state index in [1.165, 1.54) is 16.7 Å². The molecular formula is C18H22N4O3S. The van der Waals surface area contributed by atoms with Crippen LogP contribution in [0.3, 0.4) is 0 Å². The smallest absolute Gasteiger partial charge is 0.272 e. The van der Waals surface area contributed by atoms with Crippen LogP contribution in [0.4, 0.5) is 5.95 Å². The molecule has 1 atom stereocenters. The Balaban J connectivity index is 1.60. The van der Waals surface area contributed by atoms with E-state index in [-0.39, 0.29) is 29.1 Å². The summed E-state index contributed by atoms with van der Waals surface area (Å²) in [5.41, 5.74) is 1.46. The maximum absolute atomic E-state index is 12.6. The lowest BCUT2D eigenvalue weighted by molar-refractivity contribution is 0.0741. The molecule has 1 N–H and O–H groups in total. The van der Waals surface area contributed by atoms with Gasteiger partial charge < -0.3 is 10.2 Å². The van der Waals surface area contributed by atoms with Gasteiger partial charge in [0.1, 0.15) is 5.69 Å². The number of rotatable bonds is 6. The Morgan fingerprint density at radius 3 is 2.73 bits per heavy atom. The summed E-state index contributed by atoms with van der Waals surface area (Å²) >= 11 is 0. The summed E-state index contributed by atoms with van der Waals surface area (Å²) in [5, 5.41) is 3.12. The Morgan fingerprint density at radius 2 is 2.04 bits per heavy atom. The Bertz CT molecular complexity index is 871. The number of aromatic nitrogens is 2. The van der Waals surface area contributed by atoms with Crippen LogP contribution in [0.2, 0.25) is 0 Å². The number of sulfone groups is 1. The topological polar surface area (TPSA) is 92.3 Å². The van der Waals surface area contributed by atoms with Crippen molar-refractivity contribution >= 4 is 21.7 Å². The number of hydrogen-bond donors (Lipinski definition) is 1. The Hall–Kier alpha value is -2.48. The molecule has 8 heteroatoms. The van der Waals surface area contributed by atoms with Crippen molar-refractivity contribution in [2.24, 2.45) is 0 Å². The number of anilines is 1. The lowest BCUT2D eigenvalue weighted by Gasteiger charge is -2.23. The van der Waals surface area contributed by atoms with Crippen molar-refractivity contribution in [3.8, 4) is 0 Å². The van der Waals surface area contributed by atoms with Crippen LogP contribution in [0, 0.1) is 0 Å². The van der Waals surface area contributed by atoms with Crippen molar-refractivity contribution < 1.29 is 13.2 Å². The van der Waals surface area contributed by atoms with Crippen molar-refractivity contribution in [1.82, 2.24) is 14.9 Å². The first-order chi connectivity index (χ1) is 12.4. The molecule has 0 saturated carbocycles. The molecular weight excluding hydrogens is 352 g/mol. The van der Waals surface area contributed by atoms with E-state index in [0.29, 0.717) is 18.9 Å². The molecule has 1 aliphatic heterocycles. The number of carbonyl (C=O) groups is 1. The van der Waals surface area contributed by atoms with Crippen LogP contribution >= 0.6 is 0 Å². The van der Waals surface area contributed by atoms with Crippen LogP contribution in [-0.2, 0) is 16.3 Å². The molecule has 3 rings (SSSR count). The van der Waals surface area contributed by atoms with Crippen LogP contribution in [-0.4, -0.2) is 60.3 Å². The largest absolute Gasteiger partial charge is 0.354 e. The van der Waals surface area contributed by atoms with Gasteiger partial charge in [-0.25, -0.2) is 18.4 Å². The zero-order valence-corrected chi connectivity index (χ0v) is 15.4. The van der Waals surface area contributed by atoms with E-state index in [4.69, 9.17) is 0 Å². The van der Waals surface area contributed by atoms with E-state index in [0.717, 1.165) is 6.42 Å². The average Bonchev–Trinajstić information content (AvgIpc) is 3.01. The average molecular weight is 374 g/mol. The van der Waals surface area contributed by atoms with E-state index in [1.807, 2.05) is 30.3 Å². The van der Waals surface area contributed by atoms with Crippen LogP contribution in [0.5, 0.6) is 0 Å². The maximum Gasteiger partial charge on any atom is 0.272 e. The lowest BCUT2D eigenvalue weighted by Crippen LogP contribution is -2.38. The van der Waals surface area contributed by atoms with E-state index < -0.39 is 9.84 Å². The molecule has 138 valence electrons. The highest BCUT2D eigenvalue weighted by Gasteiger charge is 2.33. The molecule has 1 saturated heterocycles. The van der Waals surface area contributed by atoms with Gasteiger partial charge in [-0.2, -0.15) is 0 Å². The van der Waals surface area contributed by atoms with Crippen LogP contribution in [0.15, 0.2) is 42.6 Å². The minimum atomic E-state index is -3.04. The van der Waals surface area contributed by atoms with E-state index >= 15 is 0 Å². The van der Waals surface area contributed by atoms with E-state index in [9.17, 15) is 13.2 Å². The first-order valence-electron chi connectivity index (χ1n) is 8.53. The van der Waals surface area contributed by atoms with Crippen LogP contribution in [0.1, 0.15) is 22.5 Å². The van der Waals surface area contributed by atoms with Crippen molar-refractivity contribution in [1.29, 1.82) is 0 Å². The molecule has 1 aromatic heterocycles. The third-order valence-electron chi connectivity index (χ3n) is 4.49. The Kier molecular flexibility index (Phi) is 5.51. The van der Waals surface area contributed by atoms with Gasteiger partial charge in [0.05, 0.1) is 11.5 Å². The second-order valence-electron chi connectivity index (χ2n) is 6.40.